The summed E-state index contributed by atoms with van der Waals surface area (Å²) in [5.41, 5.74) is 3.09. The monoisotopic (exact) mass is 428 g/mol. The number of sulfonamides is 1. The van der Waals surface area contributed by atoms with E-state index in [1.54, 1.807) is 12.1 Å². The average Bonchev–Trinajstić information content (AvgIpc) is 3.28. The minimum absolute atomic E-state index is 0.0121. The van der Waals surface area contributed by atoms with Crippen LogP contribution in [0.25, 0.3) is 11.1 Å². The van der Waals surface area contributed by atoms with Crippen molar-refractivity contribution in [2.45, 2.75) is 38.6 Å². The molecule has 0 amide bonds. The van der Waals surface area contributed by atoms with Gasteiger partial charge in [0.1, 0.15) is 0 Å². The van der Waals surface area contributed by atoms with Gasteiger partial charge in [-0.3, -0.25) is 9.29 Å². The molecule has 10 heteroatoms. The van der Waals surface area contributed by atoms with E-state index in [1.807, 2.05) is 26.8 Å². The van der Waals surface area contributed by atoms with E-state index in [0.29, 0.717) is 29.3 Å². The molecule has 30 heavy (non-hydrogen) atoms. The molecular formula is C20H20N4O5S. The highest BCUT2D eigenvalue weighted by Gasteiger charge is 2.19. The van der Waals surface area contributed by atoms with Crippen molar-refractivity contribution < 1.29 is 17.4 Å². The largest absolute Gasteiger partial charge is 0.420 e. The van der Waals surface area contributed by atoms with E-state index in [0.717, 1.165) is 11.1 Å². The summed E-state index contributed by atoms with van der Waals surface area (Å²) in [6.45, 7) is 5.79. The molecule has 0 fully saturated rings. The fraction of sp³-hybridized carbons (Fsp3) is 0.250. The van der Waals surface area contributed by atoms with Crippen molar-refractivity contribution in [3.8, 4) is 0 Å². The first-order valence-corrected chi connectivity index (χ1v) is 10.8. The summed E-state index contributed by atoms with van der Waals surface area (Å²) >= 11 is 0. The maximum atomic E-state index is 12.8. The Morgan fingerprint density at radius 3 is 2.60 bits per heavy atom. The maximum Gasteiger partial charge on any atom is 0.420 e. The molecule has 0 saturated heterocycles. The number of rotatable bonds is 6. The van der Waals surface area contributed by atoms with Crippen LogP contribution in [0.1, 0.15) is 29.8 Å². The van der Waals surface area contributed by atoms with Crippen LogP contribution in [-0.4, -0.2) is 23.1 Å². The second-order valence-corrected chi connectivity index (χ2v) is 8.63. The number of fused-ring (bicyclic) bond motifs is 1. The topological polar surface area (TPSA) is 120 Å². The Kier molecular flexibility index (Phi) is 4.94. The van der Waals surface area contributed by atoms with Gasteiger partial charge in [0, 0.05) is 18.2 Å². The van der Waals surface area contributed by atoms with Gasteiger partial charge in [0.05, 0.1) is 17.0 Å². The number of benzene rings is 2. The zero-order valence-corrected chi connectivity index (χ0v) is 17.5. The van der Waals surface area contributed by atoms with Crippen molar-refractivity contribution >= 4 is 26.8 Å². The lowest BCUT2D eigenvalue weighted by Crippen LogP contribution is -2.15. The number of hydrogen-bond donors (Lipinski definition) is 1. The molecule has 2 aromatic heterocycles. The number of aromatic nitrogens is 3. The smallest absolute Gasteiger partial charge is 0.408 e. The number of aryl methyl sites for hydroxylation is 3. The van der Waals surface area contributed by atoms with Crippen LogP contribution in [-0.2, 0) is 23.0 Å². The summed E-state index contributed by atoms with van der Waals surface area (Å²) in [5.74, 6) is 0.172. The van der Waals surface area contributed by atoms with Gasteiger partial charge in [-0.1, -0.05) is 18.1 Å². The summed E-state index contributed by atoms with van der Waals surface area (Å²) in [6.07, 6.45) is 0.586. The van der Waals surface area contributed by atoms with E-state index in [2.05, 4.69) is 14.9 Å². The third-order valence-electron chi connectivity index (χ3n) is 4.82. The standard InChI is InChI=1S/C20H20N4O5S/c1-4-19-21-18(22-29-19)11-24-16-8-7-15(10-17(16)28-20(24)25)30(26,27)23-14-6-5-12(2)13(3)9-14/h5-10,23H,4,11H2,1-3H3. The second-order valence-electron chi connectivity index (χ2n) is 6.95. The predicted molar refractivity (Wildman–Crippen MR) is 110 cm³/mol. The highest BCUT2D eigenvalue weighted by Crippen LogP contribution is 2.22. The molecule has 0 aliphatic carbocycles. The Morgan fingerprint density at radius 2 is 1.90 bits per heavy atom. The Labute approximate surface area is 172 Å². The van der Waals surface area contributed by atoms with Gasteiger partial charge < -0.3 is 8.94 Å². The van der Waals surface area contributed by atoms with Gasteiger partial charge in [-0.25, -0.2) is 13.2 Å². The Hall–Kier alpha value is -3.40. The van der Waals surface area contributed by atoms with Crippen LogP contribution in [0.4, 0.5) is 5.69 Å². The highest BCUT2D eigenvalue weighted by atomic mass is 32.2. The summed E-state index contributed by atoms with van der Waals surface area (Å²) in [6, 6.07) is 9.57. The van der Waals surface area contributed by atoms with Crippen LogP contribution >= 0.6 is 0 Å². The van der Waals surface area contributed by atoms with Crippen molar-refractivity contribution in [1.82, 2.24) is 14.7 Å². The quantitative estimate of drug-likeness (QED) is 0.501. The van der Waals surface area contributed by atoms with Crippen LogP contribution in [0.15, 0.2) is 55.0 Å². The summed E-state index contributed by atoms with van der Waals surface area (Å²) in [5, 5.41) is 3.83. The molecule has 0 unspecified atom stereocenters. The van der Waals surface area contributed by atoms with Gasteiger partial charge in [0.15, 0.2) is 11.4 Å². The summed E-state index contributed by atoms with van der Waals surface area (Å²) in [7, 11) is -3.86. The van der Waals surface area contributed by atoms with Gasteiger partial charge in [0.25, 0.3) is 10.0 Å². The van der Waals surface area contributed by atoms with Crippen molar-refractivity contribution in [3.05, 3.63) is 69.8 Å². The van der Waals surface area contributed by atoms with E-state index in [9.17, 15) is 13.2 Å². The molecule has 156 valence electrons. The van der Waals surface area contributed by atoms with E-state index in [1.165, 1.54) is 22.8 Å². The number of hydrogen-bond acceptors (Lipinski definition) is 7. The lowest BCUT2D eigenvalue weighted by Gasteiger charge is -2.10. The lowest BCUT2D eigenvalue weighted by atomic mass is 10.1. The first kappa shape index (κ1) is 19.9. The molecule has 2 heterocycles. The first-order valence-electron chi connectivity index (χ1n) is 9.32. The zero-order valence-electron chi connectivity index (χ0n) is 16.7. The van der Waals surface area contributed by atoms with Crippen molar-refractivity contribution in [3.63, 3.8) is 0 Å². The first-order chi connectivity index (χ1) is 14.3. The maximum absolute atomic E-state index is 12.8. The summed E-state index contributed by atoms with van der Waals surface area (Å²) in [4.78, 5) is 16.5. The van der Waals surface area contributed by atoms with Crippen LogP contribution in [0.5, 0.6) is 0 Å². The SMILES string of the molecule is CCc1nc(Cn2c(=O)oc3cc(S(=O)(=O)Nc4ccc(C)c(C)c4)ccc32)no1. The van der Waals surface area contributed by atoms with Gasteiger partial charge in [-0.05, 0) is 49.2 Å². The molecule has 4 aromatic rings. The van der Waals surface area contributed by atoms with Gasteiger partial charge >= 0.3 is 5.76 Å². The van der Waals surface area contributed by atoms with E-state index >= 15 is 0 Å². The molecule has 0 bridgehead atoms. The molecule has 0 aliphatic rings. The molecule has 2 aromatic carbocycles. The van der Waals surface area contributed by atoms with Crippen LogP contribution in [0.2, 0.25) is 0 Å². The molecule has 1 N–H and O–H groups in total. The Balaban J connectivity index is 1.66. The molecule has 0 aliphatic heterocycles. The normalized spacial score (nSPS) is 11.8. The summed E-state index contributed by atoms with van der Waals surface area (Å²) < 4.78 is 39.8. The molecule has 0 spiro atoms. The van der Waals surface area contributed by atoms with E-state index in [-0.39, 0.29) is 17.0 Å². The molecule has 0 atom stereocenters. The van der Waals surface area contributed by atoms with Crippen molar-refractivity contribution in [2.24, 2.45) is 0 Å². The molecule has 9 nitrogen and oxygen atoms in total. The third-order valence-corrected chi connectivity index (χ3v) is 6.20. The van der Waals surface area contributed by atoms with Crippen molar-refractivity contribution in [2.75, 3.05) is 4.72 Å². The average molecular weight is 428 g/mol. The molecule has 4 rings (SSSR count). The highest BCUT2D eigenvalue weighted by molar-refractivity contribution is 7.92. The number of nitrogens with zero attached hydrogens (tertiary/aromatic N) is 3. The van der Waals surface area contributed by atoms with Gasteiger partial charge in [-0.2, -0.15) is 4.98 Å². The Bertz CT molecular complexity index is 1400. The van der Waals surface area contributed by atoms with E-state index < -0.39 is 15.8 Å². The number of oxazole rings is 1. The fourth-order valence-electron chi connectivity index (χ4n) is 3.02. The van der Waals surface area contributed by atoms with Crippen LogP contribution in [0, 0.1) is 13.8 Å². The lowest BCUT2D eigenvalue weighted by molar-refractivity contribution is 0.375. The Morgan fingerprint density at radius 1 is 1.10 bits per heavy atom. The number of nitrogens with one attached hydrogen (secondary N) is 1. The van der Waals surface area contributed by atoms with Crippen LogP contribution in [0.3, 0.4) is 0 Å². The zero-order chi connectivity index (χ0) is 21.5. The van der Waals surface area contributed by atoms with Gasteiger partial charge in [-0.15, -0.1) is 0 Å². The minimum Gasteiger partial charge on any atom is -0.408 e. The number of anilines is 1. The van der Waals surface area contributed by atoms with E-state index in [4.69, 9.17) is 8.94 Å². The fourth-order valence-corrected chi connectivity index (χ4v) is 4.09. The van der Waals surface area contributed by atoms with Crippen molar-refractivity contribution in [1.29, 1.82) is 0 Å². The minimum atomic E-state index is -3.86. The third kappa shape index (κ3) is 3.73. The molecule has 0 radical (unpaired) electrons. The molecular weight excluding hydrogens is 408 g/mol. The van der Waals surface area contributed by atoms with Gasteiger partial charge in [0.2, 0.25) is 5.89 Å². The second kappa shape index (κ2) is 7.45. The van der Waals surface area contributed by atoms with Crippen LogP contribution < -0.4 is 10.5 Å². The predicted octanol–water partition coefficient (Wildman–Crippen LogP) is 3.01. The molecule has 0 saturated carbocycles.